The molecule has 0 unspecified atom stereocenters. The highest BCUT2D eigenvalue weighted by Gasteiger charge is 2.19. The summed E-state index contributed by atoms with van der Waals surface area (Å²) in [5.74, 6) is 0.140. The zero-order valence-electron chi connectivity index (χ0n) is 19.3. The second-order valence-corrected chi connectivity index (χ2v) is 10.9. The number of carbonyl (C=O) groups excluding carboxylic acids is 1. The van der Waals surface area contributed by atoms with Gasteiger partial charge in [0, 0.05) is 59.9 Å². The molecular formula is C25H34N4OS. The Balaban J connectivity index is 1.55. The third-order valence-electron chi connectivity index (χ3n) is 5.69. The number of nitrogens with one attached hydrogen (secondary N) is 1. The first kappa shape index (κ1) is 21.9. The van der Waals surface area contributed by atoms with Crippen LogP contribution in [0.5, 0.6) is 0 Å². The zero-order chi connectivity index (χ0) is 22.2. The minimum Gasteiger partial charge on any atom is -0.378 e. The Morgan fingerprint density at radius 1 is 1.23 bits per heavy atom. The Labute approximate surface area is 189 Å². The molecule has 4 rings (SSSR count). The number of carbonyl (C=O) groups is 1. The van der Waals surface area contributed by atoms with Gasteiger partial charge in [0.25, 0.3) is 0 Å². The van der Waals surface area contributed by atoms with E-state index in [0.717, 1.165) is 43.4 Å². The fourth-order valence-electron chi connectivity index (χ4n) is 4.24. The predicted octanol–water partition coefficient (Wildman–Crippen LogP) is 4.24. The summed E-state index contributed by atoms with van der Waals surface area (Å²) < 4.78 is 1.28. The molecule has 6 heteroatoms. The molecule has 0 atom stereocenters. The standard InChI is InChI=1S/C25H34N4OS/c1-25(2,3)27-24(30)9-7-13-29-12-6-8-17-14-20-23(16-21(17)29)31-22-15-18(28(4)5)10-11-19(22)26-20/h10-11,14-16,31H,6-9,12-13H2,1-5H3,(H,27,30). The van der Waals surface area contributed by atoms with Crippen molar-refractivity contribution < 1.29 is 4.79 Å². The van der Waals surface area contributed by atoms with E-state index in [1.807, 2.05) is 20.8 Å². The van der Waals surface area contributed by atoms with E-state index < -0.39 is 0 Å². The van der Waals surface area contributed by atoms with Crippen molar-refractivity contribution in [3.05, 3.63) is 45.8 Å². The zero-order valence-corrected chi connectivity index (χ0v) is 20.2. The molecule has 166 valence electrons. The maximum Gasteiger partial charge on any atom is 0.220 e. The lowest BCUT2D eigenvalue weighted by Gasteiger charge is -2.31. The van der Waals surface area contributed by atoms with Crippen LogP contribution in [-0.4, -0.2) is 38.6 Å². The summed E-state index contributed by atoms with van der Waals surface area (Å²) in [4.78, 5) is 23.0. The number of nitrogens with zero attached hydrogens (tertiary/aromatic N) is 3. The van der Waals surface area contributed by atoms with Gasteiger partial charge in [0.05, 0.1) is 11.0 Å². The summed E-state index contributed by atoms with van der Waals surface area (Å²) in [7, 11) is 4.14. The van der Waals surface area contributed by atoms with Gasteiger partial charge < -0.3 is 15.1 Å². The highest BCUT2D eigenvalue weighted by atomic mass is 32.1. The fourth-order valence-corrected chi connectivity index (χ4v) is 5.35. The van der Waals surface area contributed by atoms with Crippen molar-refractivity contribution in [1.29, 1.82) is 0 Å². The van der Waals surface area contributed by atoms with Gasteiger partial charge in [-0.3, -0.25) is 4.79 Å². The number of aryl methyl sites for hydroxylation is 1. The van der Waals surface area contributed by atoms with Gasteiger partial charge in [0.15, 0.2) is 0 Å². The maximum absolute atomic E-state index is 12.2. The second kappa shape index (κ2) is 8.65. The molecule has 0 radical (unpaired) electrons. The third kappa shape index (κ3) is 5.12. The molecule has 2 aliphatic heterocycles. The number of anilines is 2. The first-order valence-electron chi connectivity index (χ1n) is 11.2. The van der Waals surface area contributed by atoms with Crippen LogP contribution in [0.15, 0.2) is 40.2 Å². The van der Waals surface area contributed by atoms with E-state index in [1.165, 1.54) is 37.7 Å². The topological polar surface area (TPSA) is 47.9 Å². The van der Waals surface area contributed by atoms with Crippen molar-refractivity contribution in [2.75, 3.05) is 37.0 Å². The Hall–Kier alpha value is -2.34. The highest BCUT2D eigenvalue weighted by molar-refractivity contribution is 7.91. The minimum atomic E-state index is -0.167. The Morgan fingerprint density at radius 3 is 2.77 bits per heavy atom. The smallest absolute Gasteiger partial charge is 0.220 e. The van der Waals surface area contributed by atoms with Crippen LogP contribution in [-0.2, 0) is 11.2 Å². The van der Waals surface area contributed by atoms with Crippen LogP contribution in [0.1, 0.15) is 45.6 Å². The SMILES string of the molecule is CN(C)c1ccc2c(c1)[SH]=c1cc3c(cc1=N2)CCCN3CCCC(=O)NC(C)(C)C. The predicted molar refractivity (Wildman–Crippen MR) is 132 cm³/mol. The molecule has 2 aromatic rings. The average molecular weight is 439 g/mol. The average Bonchev–Trinajstić information content (AvgIpc) is 2.69. The molecule has 0 saturated carbocycles. The number of thiol groups is 1. The first-order valence-corrected chi connectivity index (χ1v) is 12.1. The molecule has 0 fully saturated rings. The van der Waals surface area contributed by atoms with Gasteiger partial charge in [0.1, 0.15) is 0 Å². The monoisotopic (exact) mass is 438 g/mol. The van der Waals surface area contributed by atoms with Gasteiger partial charge in [-0.25, -0.2) is 4.99 Å². The van der Waals surface area contributed by atoms with Crippen LogP contribution in [0.3, 0.4) is 0 Å². The van der Waals surface area contributed by atoms with Crippen molar-refractivity contribution in [3.8, 4) is 0 Å². The molecule has 0 spiro atoms. The van der Waals surface area contributed by atoms with Crippen LogP contribution in [0.25, 0.3) is 0 Å². The van der Waals surface area contributed by atoms with Crippen LogP contribution in [0, 0.1) is 4.51 Å². The van der Waals surface area contributed by atoms with Crippen LogP contribution in [0.2, 0.25) is 0 Å². The molecule has 2 aromatic carbocycles. The van der Waals surface area contributed by atoms with E-state index >= 15 is 0 Å². The third-order valence-corrected chi connectivity index (χ3v) is 6.89. The summed E-state index contributed by atoms with van der Waals surface area (Å²) in [6, 6.07) is 11.1. The maximum atomic E-state index is 12.2. The summed E-state index contributed by atoms with van der Waals surface area (Å²) in [6.45, 7) is 8.05. The van der Waals surface area contributed by atoms with Crippen LogP contribution >= 0.6 is 11.4 Å². The first-order chi connectivity index (χ1) is 14.7. The Morgan fingerprint density at radius 2 is 2.03 bits per heavy atom. The van der Waals surface area contributed by atoms with Crippen molar-refractivity contribution in [3.63, 3.8) is 0 Å². The summed E-state index contributed by atoms with van der Waals surface area (Å²) in [5, 5.41) is 4.17. The van der Waals surface area contributed by atoms with Crippen LogP contribution in [0.4, 0.5) is 17.1 Å². The van der Waals surface area contributed by atoms with Crippen molar-refractivity contribution in [2.24, 2.45) is 4.99 Å². The van der Waals surface area contributed by atoms with Crippen molar-refractivity contribution in [1.82, 2.24) is 5.32 Å². The minimum absolute atomic E-state index is 0.140. The second-order valence-electron chi connectivity index (χ2n) is 9.75. The van der Waals surface area contributed by atoms with Gasteiger partial charge in [-0.1, -0.05) is 0 Å². The van der Waals surface area contributed by atoms with Crippen molar-refractivity contribution in [2.45, 2.75) is 56.9 Å². The molecule has 1 amide bonds. The number of benzene rings is 2. The lowest BCUT2D eigenvalue weighted by molar-refractivity contribution is -0.122. The number of fused-ring (bicyclic) bond motifs is 3. The highest BCUT2D eigenvalue weighted by Crippen LogP contribution is 2.34. The Bertz CT molecular complexity index is 1120. The molecule has 2 heterocycles. The number of hydrogen-bond donors (Lipinski definition) is 2. The van der Waals surface area contributed by atoms with Gasteiger partial charge in [-0.05, 0) is 75.9 Å². The van der Waals surface area contributed by atoms with Crippen molar-refractivity contribution >= 4 is 34.3 Å². The number of rotatable bonds is 5. The lowest BCUT2D eigenvalue weighted by atomic mass is 10.0. The summed E-state index contributed by atoms with van der Waals surface area (Å²) in [6.07, 6.45) is 3.70. The summed E-state index contributed by atoms with van der Waals surface area (Å²) >= 11 is 1.22. The normalized spacial score (nSPS) is 14.8. The number of hydrogen-bond acceptors (Lipinski definition) is 4. The molecule has 0 saturated heterocycles. The molecule has 1 N–H and O–H groups in total. The van der Waals surface area contributed by atoms with E-state index in [4.69, 9.17) is 4.99 Å². The molecule has 0 bridgehead atoms. The molecular weight excluding hydrogens is 404 g/mol. The molecule has 31 heavy (non-hydrogen) atoms. The molecule has 5 nitrogen and oxygen atoms in total. The van der Waals surface area contributed by atoms with Crippen LogP contribution < -0.4 is 20.5 Å². The van der Waals surface area contributed by atoms with E-state index in [2.05, 4.69) is 59.5 Å². The summed E-state index contributed by atoms with van der Waals surface area (Å²) in [5.41, 5.74) is 4.84. The van der Waals surface area contributed by atoms with Gasteiger partial charge in [-0.2, -0.15) is 11.4 Å². The van der Waals surface area contributed by atoms with Gasteiger partial charge >= 0.3 is 0 Å². The number of amides is 1. The van der Waals surface area contributed by atoms with E-state index in [9.17, 15) is 4.79 Å². The lowest BCUT2D eigenvalue weighted by Crippen LogP contribution is -2.41. The van der Waals surface area contributed by atoms with E-state index in [-0.39, 0.29) is 11.4 Å². The Kier molecular flexibility index (Phi) is 6.11. The quantitative estimate of drug-likeness (QED) is 0.463. The fraction of sp³-hybridized carbons (Fsp3) is 0.480. The molecule has 0 aliphatic carbocycles. The molecule has 2 aliphatic rings. The van der Waals surface area contributed by atoms with Gasteiger partial charge in [0.2, 0.25) is 5.91 Å². The van der Waals surface area contributed by atoms with E-state index in [1.54, 1.807) is 0 Å². The van der Waals surface area contributed by atoms with Gasteiger partial charge in [-0.15, -0.1) is 0 Å². The molecule has 0 aromatic heterocycles. The largest absolute Gasteiger partial charge is 0.378 e. The van der Waals surface area contributed by atoms with E-state index in [0.29, 0.717) is 6.42 Å².